The van der Waals surface area contributed by atoms with Crippen molar-refractivity contribution in [2.24, 2.45) is 0 Å². The molecule has 0 aliphatic carbocycles. The zero-order valence-corrected chi connectivity index (χ0v) is 7.94. The van der Waals surface area contributed by atoms with Gasteiger partial charge >= 0.3 is 0 Å². The summed E-state index contributed by atoms with van der Waals surface area (Å²) in [5.41, 5.74) is 0. The Hall–Kier alpha value is -0.120. The monoisotopic (exact) mass is 172 g/mol. The smallest absolute Gasteiger partial charge is 0.0587 e. The van der Waals surface area contributed by atoms with E-state index in [2.05, 4.69) is 10.6 Å². The molecule has 1 saturated heterocycles. The molecule has 72 valence electrons. The van der Waals surface area contributed by atoms with Gasteiger partial charge in [0.25, 0.3) is 0 Å². The largest absolute Gasteiger partial charge is 0.383 e. The minimum atomic E-state index is 0.704. The van der Waals surface area contributed by atoms with Crippen molar-refractivity contribution in [2.45, 2.75) is 25.3 Å². The first-order valence-corrected chi connectivity index (χ1v) is 4.86. The topological polar surface area (TPSA) is 33.3 Å². The number of methoxy groups -OCH3 is 1. The van der Waals surface area contributed by atoms with E-state index in [1.165, 1.54) is 25.8 Å². The third-order valence-corrected chi connectivity index (χ3v) is 2.31. The number of nitrogens with one attached hydrogen (secondary N) is 2. The third kappa shape index (κ3) is 4.04. The van der Waals surface area contributed by atoms with Crippen molar-refractivity contribution < 1.29 is 4.74 Å². The highest BCUT2D eigenvalue weighted by Gasteiger charge is 2.09. The minimum absolute atomic E-state index is 0.704. The number of rotatable bonds is 4. The van der Waals surface area contributed by atoms with E-state index >= 15 is 0 Å². The van der Waals surface area contributed by atoms with E-state index in [4.69, 9.17) is 4.74 Å². The van der Waals surface area contributed by atoms with Gasteiger partial charge in [0.15, 0.2) is 0 Å². The maximum atomic E-state index is 4.99. The van der Waals surface area contributed by atoms with E-state index in [0.717, 1.165) is 19.7 Å². The molecule has 1 rings (SSSR count). The molecular formula is C9H20N2O. The fourth-order valence-electron chi connectivity index (χ4n) is 1.59. The molecule has 3 nitrogen and oxygen atoms in total. The van der Waals surface area contributed by atoms with Gasteiger partial charge in [0.2, 0.25) is 0 Å². The molecule has 0 spiro atoms. The number of ether oxygens (including phenoxy) is 1. The second-order valence-corrected chi connectivity index (χ2v) is 3.32. The van der Waals surface area contributed by atoms with Crippen molar-refractivity contribution in [2.75, 3.05) is 33.4 Å². The number of hydrogen-bond acceptors (Lipinski definition) is 3. The molecule has 2 N–H and O–H groups in total. The minimum Gasteiger partial charge on any atom is -0.383 e. The quantitative estimate of drug-likeness (QED) is 0.601. The van der Waals surface area contributed by atoms with Gasteiger partial charge in [0.05, 0.1) is 6.61 Å². The lowest BCUT2D eigenvalue weighted by molar-refractivity contribution is 0.194. The first kappa shape index (κ1) is 9.96. The van der Waals surface area contributed by atoms with Gasteiger partial charge in [-0.2, -0.15) is 0 Å². The second-order valence-electron chi connectivity index (χ2n) is 3.32. The molecular weight excluding hydrogens is 152 g/mol. The van der Waals surface area contributed by atoms with Gasteiger partial charge < -0.3 is 15.4 Å². The molecule has 0 aromatic rings. The lowest BCUT2D eigenvalue weighted by Crippen LogP contribution is -2.32. The van der Waals surface area contributed by atoms with E-state index in [1.807, 2.05) is 0 Å². The lowest BCUT2D eigenvalue weighted by Gasteiger charge is -2.14. The summed E-state index contributed by atoms with van der Waals surface area (Å²) in [6.07, 6.45) is 3.85. The van der Waals surface area contributed by atoms with E-state index in [-0.39, 0.29) is 0 Å². The van der Waals surface area contributed by atoms with Crippen LogP contribution < -0.4 is 10.6 Å². The van der Waals surface area contributed by atoms with Crippen LogP contribution >= 0.6 is 0 Å². The van der Waals surface area contributed by atoms with Crippen molar-refractivity contribution >= 4 is 0 Å². The van der Waals surface area contributed by atoms with Gasteiger partial charge in [0, 0.05) is 19.7 Å². The van der Waals surface area contributed by atoms with Crippen LogP contribution in [0, 0.1) is 0 Å². The Morgan fingerprint density at radius 3 is 3.17 bits per heavy atom. The molecule has 3 heteroatoms. The summed E-state index contributed by atoms with van der Waals surface area (Å²) >= 11 is 0. The van der Waals surface area contributed by atoms with Crippen molar-refractivity contribution in [3.63, 3.8) is 0 Å². The van der Waals surface area contributed by atoms with E-state index < -0.39 is 0 Å². The first-order valence-electron chi connectivity index (χ1n) is 4.86. The SMILES string of the molecule is COCCNC1CCCNCC1. The van der Waals surface area contributed by atoms with Gasteiger partial charge in [-0.3, -0.25) is 0 Å². The van der Waals surface area contributed by atoms with Crippen LogP contribution in [0.5, 0.6) is 0 Å². The van der Waals surface area contributed by atoms with E-state index in [9.17, 15) is 0 Å². The molecule has 1 atom stereocenters. The van der Waals surface area contributed by atoms with Gasteiger partial charge in [-0.15, -0.1) is 0 Å². The summed E-state index contributed by atoms with van der Waals surface area (Å²) in [6.45, 7) is 4.15. The average Bonchev–Trinajstić information content (AvgIpc) is 2.33. The number of hydrogen-bond donors (Lipinski definition) is 2. The van der Waals surface area contributed by atoms with Crippen LogP contribution in [0.4, 0.5) is 0 Å². The Kier molecular flexibility index (Phi) is 5.32. The Labute approximate surface area is 74.9 Å². The molecule has 0 aromatic carbocycles. The van der Waals surface area contributed by atoms with Crippen molar-refractivity contribution in [1.29, 1.82) is 0 Å². The predicted molar refractivity (Wildman–Crippen MR) is 50.4 cm³/mol. The van der Waals surface area contributed by atoms with E-state index in [1.54, 1.807) is 7.11 Å². The Balaban J connectivity index is 2.04. The molecule has 0 aromatic heterocycles. The van der Waals surface area contributed by atoms with E-state index in [0.29, 0.717) is 6.04 Å². The van der Waals surface area contributed by atoms with Crippen LogP contribution in [-0.2, 0) is 4.74 Å². The molecule has 0 radical (unpaired) electrons. The molecule has 1 heterocycles. The normalized spacial score (nSPS) is 25.2. The fourth-order valence-corrected chi connectivity index (χ4v) is 1.59. The lowest BCUT2D eigenvalue weighted by atomic mass is 10.1. The second kappa shape index (κ2) is 6.40. The first-order chi connectivity index (χ1) is 5.93. The highest BCUT2D eigenvalue weighted by atomic mass is 16.5. The van der Waals surface area contributed by atoms with Crippen LogP contribution in [0.15, 0.2) is 0 Å². The fraction of sp³-hybridized carbons (Fsp3) is 1.00. The highest BCUT2D eigenvalue weighted by molar-refractivity contribution is 4.71. The summed E-state index contributed by atoms with van der Waals surface area (Å²) < 4.78 is 4.99. The van der Waals surface area contributed by atoms with Crippen LogP contribution in [0.1, 0.15) is 19.3 Å². The zero-order valence-electron chi connectivity index (χ0n) is 7.94. The molecule has 1 aliphatic heterocycles. The van der Waals surface area contributed by atoms with Gasteiger partial charge in [-0.1, -0.05) is 0 Å². The Bertz CT molecular complexity index is 101. The third-order valence-electron chi connectivity index (χ3n) is 2.31. The predicted octanol–water partition coefficient (Wildman–Crippen LogP) is 0.364. The van der Waals surface area contributed by atoms with Crippen LogP contribution in [0.25, 0.3) is 0 Å². The van der Waals surface area contributed by atoms with Crippen LogP contribution in [0.3, 0.4) is 0 Å². The summed E-state index contributed by atoms with van der Waals surface area (Å²) in [5, 5.41) is 6.89. The highest BCUT2D eigenvalue weighted by Crippen LogP contribution is 2.03. The molecule has 12 heavy (non-hydrogen) atoms. The Morgan fingerprint density at radius 1 is 1.42 bits per heavy atom. The van der Waals surface area contributed by atoms with Gasteiger partial charge in [0.1, 0.15) is 0 Å². The molecule has 0 bridgehead atoms. The summed E-state index contributed by atoms with van der Waals surface area (Å²) in [5.74, 6) is 0. The van der Waals surface area contributed by atoms with Crippen LogP contribution in [-0.4, -0.2) is 39.4 Å². The van der Waals surface area contributed by atoms with Crippen molar-refractivity contribution in [1.82, 2.24) is 10.6 Å². The molecule has 1 aliphatic rings. The molecule has 0 saturated carbocycles. The molecule has 0 amide bonds. The van der Waals surface area contributed by atoms with Gasteiger partial charge in [-0.25, -0.2) is 0 Å². The average molecular weight is 172 g/mol. The maximum Gasteiger partial charge on any atom is 0.0587 e. The van der Waals surface area contributed by atoms with Crippen LogP contribution in [0.2, 0.25) is 0 Å². The molecule has 1 unspecified atom stereocenters. The van der Waals surface area contributed by atoms with Crippen molar-refractivity contribution in [3.05, 3.63) is 0 Å². The summed E-state index contributed by atoms with van der Waals surface area (Å²) in [7, 11) is 1.75. The zero-order chi connectivity index (χ0) is 8.65. The van der Waals surface area contributed by atoms with Crippen molar-refractivity contribution in [3.8, 4) is 0 Å². The van der Waals surface area contributed by atoms with Gasteiger partial charge in [-0.05, 0) is 32.4 Å². The standard InChI is InChI=1S/C9H20N2O/c1-12-8-7-11-9-3-2-5-10-6-4-9/h9-11H,2-8H2,1H3. The Morgan fingerprint density at radius 2 is 2.33 bits per heavy atom. The summed E-state index contributed by atoms with van der Waals surface area (Å²) in [4.78, 5) is 0. The molecule has 1 fully saturated rings. The summed E-state index contributed by atoms with van der Waals surface area (Å²) in [6, 6.07) is 0.704. The maximum absolute atomic E-state index is 4.99.